The van der Waals surface area contributed by atoms with Gasteiger partial charge in [-0.2, -0.15) is 0 Å². The summed E-state index contributed by atoms with van der Waals surface area (Å²) in [5.41, 5.74) is 0.772. The van der Waals surface area contributed by atoms with Crippen molar-refractivity contribution >= 4 is 11.9 Å². The number of hydrogen-bond donors (Lipinski definition) is 2. The number of aromatic nitrogens is 1. The molecule has 0 aliphatic heterocycles. The zero-order valence-corrected chi connectivity index (χ0v) is 9.46. The summed E-state index contributed by atoms with van der Waals surface area (Å²) >= 11 is 0. The third-order valence-electron chi connectivity index (χ3n) is 2.93. The molecule has 5 nitrogen and oxygen atoms in total. The van der Waals surface area contributed by atoms with E-state index in [1.165, 1.54) is 0 Å². The van der Waals surface area contributed by atoms with Gasteiger partial charge in [0.05, 0.1) is 23.6 Å². The first kappa shape index (κ1) is 11.6. The van der Waals surface area contributed by atoms with Crippen LogP contribution < -0.4 is 5.32 Å². The van der Waals surface area contributed by atoms with Crippen LogP contribution in [-0.4, -0.2) is 22.0 Å². The minimum atomic E-state index is -0.893. The van der Waals surface area contributed by atoms with Gasteiger partial charge in [-0.3, -0.25) is 14.6 Å². The molecular weight excluding hydrogens is 220 g/mol. The number of pyridine rings is 1. The van der Waals surface area contributed by atoms with Gasteiger partial charge < -0.3 is 10.4 Å². The molecule has 0 spiro atoms. The number of rotatable bonds is 4. The van der Waals surface area contributed by atoms with E-state index in [1.54, 1.807) is 12.3 Å². The highest BCUT2D eigenvalue weighted by atomic mass is 16.4. The summed E-state index contributed by atoms with van der Waals surface area (Å²) in [7, 11) is 0. The molecule has 0 bridgehead atoms. The van der Waals surface area contributed by atoms with Gasteiger partial charge in [0.1, 0.15) is 0 Å². The number of aliphatic carboxylic acids is 1. The minimum Gasteiger partial charge on any atom is -0.481 e. The minimum absolute atomic E-state index is 0.196. The molecule has 1 aliphatic carbocycles. The van der Waals surface area contributed by atoms with Crippen LogP contribution >= 0.6 is 0 Å². The second-order valence-electron chi connectivity index (χ2n) is 4.27. The van der Waals surface area contributed by atoms with Gasteiger partial charge in [0.2, 0.25) is 5.91 Å². The molecule has 0 radical (unpaired) electrons. The zero-order chi connectivity index (χ0) is 12.4. The predicted molar refractivity (Wildman–Crippen MR) is 60.0 cm³/mol. The highest BCUT2D eigenvalue weighted by Gasteiger charge is 2.48. The standard InChI is InChI=1S/C12H14N2O3/c1-7(10-4-2-3-5-13-10)14-11(15)8-6-9(8)12(16)17/h2-5,7-9H,6H2,1H3,(H,14,15)(H,16,17)/t7-,8?,9?/m0/s1. The van der Waals surface area contributed by atoms with E-state index >= 15 is 0 Å². The Bertz CT molecular complexity index is 433. The van der Waals surface area contributed by atoms with Crippen molar-refractivity contribution in [2.75, 3.05) is 0 Å². The third-order valence-corrected chi connectivity index (χ3v) is 2.93. The van der Waals surface area contributed by atoms with Crippen molar-refractivity contribution in [3.63, 3.8) is 0 Å². The number of hydrogen-bond acceptors (Lipinski definition) is 3. The average molecular weight is 234 g/mol. The van der Waals surface area contributed by atoms with Crippen LogP contribution in [0.3, 0.4) is 0 Å². The second kappa shape index (κ2) is 4.53. The number of carboxylic acids is 1. The van der Waals surface area contributed by atoms with E-state index in [9.17, 15) is 9.59 Å². The van der Waals surface area contributed by atoms with Crippen LogP contribution in [0.15, 0.2) is 24.4 Å². The molecule has 0 aromatic carbocycles. The monoisotopic (exact) mass is 234 g/mol. The molecule has 1 saturated carbocycles. The summed E-state index contributed by atoms with van der Waals surface area (Å²) in [6.07, 6.45) is 2.10. The lowest BCUT2D eigenvalue weighted by Crippen LogP contribution is -2.29. The molecule has 1 heterocycles. The molecule has 2 rings (SSSR count). The molecule has 1 aromatic heterocycles. The van der Waals surface area contributed by atoms with Crippen molar-refractivity contribution < 1.29 is 14.7 Å². The van der Waals surface area contributed by atoms with E-state index in [1.807, 2.05) is 19.1 Å². The van der Waals surface area contributed by atoms with Gasteiger partial charge in [0.15, 0.2) is 0 Å². The lowest BCUT2D eigenvalue weighted by Gasteiger charge is -2.12. The van der Waals surface area contributed by atoms with E-state index in [0.717, 1.165) is 5.69 Å². The molecule has 0 saturated heterocycles. The van der Waals surface area contributed by atoms with Gasteiger partial charge in [-0.05, 0) is 25.5 Å². The Balaban J connectivity index is 1.90. The Morgan fingerprint density at radius 3 is 2.76 bits per heavy atom. The Morgan fingerprint density at radius 1 is 1.47 bits per heavy atom. The number of amides is 1. The average Bonchev–Trinajstić information content (AvgIpc) is 3.10. The summed E-state index contributed by atoms with van der Waals surface area (Å²) in [5, 5.41) is 11.5. The summed E-state index contributed by atoms with van der Waals surface area (Å²) < 4.78 is 0. The first-order valence-electron chi connectivity index (χ1n) is 5.53. The SMILES string of the molecule is C[C@H](NC(=O)C1CC1C(=O)O)c1ccccn1. The Hall–Kier alpha value is -1.91. The van der Waals surface area contributed by atoms with Gasteiger partial charge in [-0.1, -0.05) is 6.07 Å². The molecule has 5 heteroatoms. The number of carbonyl (C=O) groups excluding carboxylic acids is 1. The van der Waals surface area contributed by atoms with Crippen LogP contribution in [0.4, 0.5) is 0 Å². The van der Waals surface area contributed by atoms with E-state index in [-0.39, 0.29) is 17.9 Å². The largest absolute Gasteiger partial charge is 0.481 e. The van der Waals surface area contributed by atoms with Crippen molar-refractivity contribution in [1.82, 2.24) is 10.3 Å². The fourth-order valence-corrected chi connectivity index (χ4v) is 1.78. The summed E-state index contributed by atoms with van der Waals surface area (Å²) in [4.78, 5) is 26.5. The summed E-state index contributed by atoms with van der Waals surface area (Å²) in [6.45, 7) is 1.83. The number of nitrogens with zero attached hydrogens (tertiary/aromatic N) is 1. The second-order valence-corrected chi connectivity index (χ2v) is 4.27. The van der Waals surface area contributed by atoms with Gasteiger partial charge >= 0.3 is 5.97 Å². The lowest BCUT2D eigenvalue weighted by atomic mass is 10.2. The van der Waals surface area contributed by atoms with Gasteiger partial charge in [-0.25, -0.2) is 0 Å². The van der Waals surface area contributed by atoms with E-state index in [0.29, 0.717) is 6.42 Å². The van der Waals surface area contributed by atoms with E-state index in [4.69, 9.17) is 5.11 Å². The summed E-state index contributed by atoms with van der Waals surface area (Å²) in [6, 6.07) is 5.28. The van der Waals surface area contributed by atoms with Crippen LogP contribution in [0, 0.1) is 11.8 Å². The van der Waals surface area contributed by atoms with Gasteiger partial charge in [0, 0.05) is 6.20 Å². The maximum atomic E-state index is 11.7. The molecule has 90 valence electrons. The highest BCUT2D eigenvalue weighted by Crippen LogP contribution is 2.39. The third kappa shape index (κ3) is 2.61. The van der Waals surface area contributed by atoms with Gasteiger partial charge in [0.25, 0.3) is 0 Å². The topological polar surface area (TPSA) is 79.3 Å². The van der Waals surface area contributed by atoms with Gasteiger partial charge in [-0.15, -0.1) is 0 Å². The van der Waals surface area contributed by atoms with Crippen LogP contribution in [0.2, 0.25) is 0 Å². The van der Waals surface area contributed by atoms with Crippen molar-refractivity contribution in [2.45, 2.75) is 19.4 Å². The maximum absolute atomic E-state index is 11.7. The molecule has 17 heavy (non-hydrogen) atoms. The Labute approximate surface area is 98.9 Å². The van der Waals surface area contributed by atoms with Crippen molar-refractivity contribution in [3.8, 4) is 0 Å². The van der Waals surface area contributed by atoms with E-state index in [2.05, 4.69) is 10.3 Å². The molecular formula is C12H14N2O3. The van der Waals surface area contributed by atoms with Crippen molar-refractivity contribution in [2.24, 2.45) is 11.8 Å². The fourth-order valence-electron chi connectivity index (χ4n) is 1.78. The molecule has 1 aromatic rings. The number of nitrogens with one attached hydrogen (secondary N) is 1. The van der Waals surface area contributed by atoms with Crippen LogP contribution in [0.5, 0.6) is 0 Å². The molecule has 1 amide bonds. The van der Waals surface area contributed by atoms with Crippen molar-refractivity contribution in [1.29, 1.82) is 0 Å². The fraction of sp³-hybridized carbons (Fsp3) is 0.417. The molecule has 1 fully saturated rings. The number of carboxylic acid groups (broad SMARTS) is 1. The first-order chi connectivity index (χ1) is 8.09. The Kier molecular flexibility index (Phi) is 3.08. The van der Waals surface area contributed by atoms with Crippen LogP contribution in [0.1, 0.15) is 25.1 Å². The molecule has 2 N–H and O–H groups in total. The van der Waals surface area contributed by atoms with E-state index < -0.39 is 11.9 Å². The van der Waals surface area contributed by atoms with Crippen molar-refractivity contribution in [3.05, 3.63) is 30.1 Å². The Morgan fingerprint density at radius 2 is 2.24 bits per heavy atom. The quantitative estimate of drug-likeness (QED) is 0.813. The lowest BCUT2D eigenvalue weighted by molar-refractivity contribution is -0.140. The normalized spacial score (nSPS) is 23.8. The zero-order valence-electron chi connectivity index (χ0n) is 9.46. The first-order valence-corrected chi connectivity index (χ1v) is 5.53. The predicted octanol–water partition coefficient (Wildman–Crippen LogP) is 0.980. The summed E-state index contributed by atoms with van der Waals surface area (Å²) in [5.74, 6) is -1.98. The smallest absolute Gasteiger partial charge is 0.307 e. The molecule has 1 aliphatic rings. The van der Waals surface area contributed by atoms with Crippen LogP contribution in [-0.2, 0) is 9.59 Å². The molecule has 2 unspecified atom stereocenters. The molecule has 3 atom stereocenters. The highest BCUT2D eigenvalue weighted by molar-refractivity contribution is 5.89. The van der Waals surface area contributed by atoms with Crippen LogP contribution in [0.25, 0.3) is 0 Å². The maximum Gasteiger partial charge on any atom is 0.307 e. The number of carbonyl (C=O) groups is 2.